The predicted molar refractivity (Wildman–Crippen MR) is 242 cm³/mol. The van der Waals surface area contributed by atoms with E-state index in [4.69, 9.17) is 9.72 Å². The second kappa shape index (κ2) is 17.5. The molecule has 4 aliphatic rings. The molecule has 1 atom stereocenters. The molecule has 15 nitrogen and oxygen atoms in total. The molecule has 4 aromatic heterocycles. The maximum Gasteiger partial charge on any atom is 0.312 e. The van der Waals surface area contributed by atoms with Gasteiger partial charge in [0.25, 0.3) is 15.9 Å². The van der Waals surface area contributed by atoms with Gasteiger partial charge in [-0.15, -0.1) is 0 Å². The number of anilines is 2. The van der Waals surface area contributed by atoms with Crippen LogP contribution >= 0.6 is 0 Å². The third kappa shape index (κ3) is 8.97. The summed E-state index contributed by atoms with van der Waals surface area (Å²) in [5, 5.41) is 15.9. The van der Waals surface area contributed by atoms with Gasteiger partial charge in [0.05, 0.1) is 17.3 Å². The number of hydrogen-bond acceptors (Lipinski definition) is 12. The summed E-state index contributed by atoms with van der Waals surface area (Å²) in [6, 6.07) is 17.8. The van der Waals surface area contributed by atoms with Crippen molar-refractivity contribution in [2.24, 2.45) is 17.3 Å². The largest absolute Gasteiger partial charge is 0.436 e. The second-order valence-corrected chi connectivity index (χ2v) is 20.4. The first-order valence-electron chi connectivity index (χ1n) is 22.5. The molecule has 4 fully saturated rings. The van der Waals surface area contributed by atoms with E-state index in [1.807, 2.05) is 6.07 Å². The Bertz CT molecular complexity index is 2590. The van der Waals surface area contributed by atoms with Gasteiger partial charge in [0.15, 0.2) is 0 Å². The number of amides is 1. The molecule has 16 heteroatoms. The van der Waals surface area contributed by atoms with Gasteiger partial charge in [-0.3, -0.25) is 19.8 Å². The average molecular weight is 876 g/mol. The van der Waals surface area contributed by atoms with E-state index in [0.29, 0.717) is 53.6 Å². The molecule has 5 aromatic rings. The first-order valence-corrected chi connectivity index (χ1v) is 24.0. The van der Waals surface area contributed by atoms with Gasteiger partial charge in [-0.1, -0.05) is 57.9 Å². The molecule has 1 spiro atoms. The zero-order valence-corrected chi connectivity index (χ0v) is 37.1. The van der Waals surface area contributed by atoms with Crippen molar-refractivity contribution in [3.05, 3.63) is 100.0 Å². The molecule has 2 saturated heterocycles. The second-order valence-electron chi connectivity index (χ2n) is 18.7. The summed E-state index contributed by atoms with van der Waals surface area (Å²) in [5.41, 5.74) is 3.26. The number of hydrogen-bond donors (Lipinski definition) is 3. The van der Waals surface area contributed by atoms with Gasteiger partial charge in [0.1, 0.15) is 27.7 Å². The molecule has 0 bridgehead atoms. The zero-order valence-electron chi connectivity index (χ0n) is 36.3. The first kappa shape index (κ1) is 42.7. The van der Waals surface area contributed by atoms with E-state index in [1.165, 1.54) is 49.1 Å². The lowest BCUT2D eigenvalue weighted by Gasteiger charge is -2.56. The van der Waals surface area contributed by atoms with Crippen LogP contribution < -0.4 is 19.7 Å². The summed E-state index contributed by atoms with van der Waals surface area (Å²) >= 11 is 0. The fourth-order valence-electron chi connectivity index (χ4n) is 10.5. The van der Waals surface area contributed by atoms with E-state index >= 15 is 0 Å². The predicted octanol–water partition coefficient (Wildman–Crippen LogP) is 9.12. The van der Waals surface area contributed by atoms with Crippen LogP contribution in [0.25, 0.3) is 11.0 Å². The van der Waals surface area contributed by atoms with Crippen LogP contribution in [0.4, 0.5) is 17.3 Å². The maximum absolute atomic E-state index is 13.9. The summed E-state index contributed by atoms with van der Waals surface area (Å²) in [6.07, 6.45) is 15.3. The summed E-state index contributed by atoms with van der Waals surface area (Å²) in [5.74, 6) is 1.30. The van der Waals surface area contributed by atoms with E-state index in [2.05, 4.69) is 79.8 Å². The van der Waals surface area contributed by atoms with Crippen LogP contribution in [0, 0.1) is 27.4 Å². The van der Waals surface area contributed by atoms with Crippen LogP contribution in [0.1, 0.15) is 118 Å². The maximum atomic E-state index is 13.9. The van der Waals surface area contributed by atoms with Gasteiger partial charge in [-0.05, 0) is 116 Å². The number of piperidine rings is 1. The molecule has 0 unspecified atom stereocenters. The van der Waals surface area contributed by atoms with Crippen molar-refractivity contribution >= 4 is 44.3 Å². The van der Waals surface area contributed by atoms with Crippen LogP contribution in [0.2, 0.25) is 0 Å². The molecule has 63 heavy (non-hydrogen) atoms. The Morgan fingerprint density at radius 1 is 1.00 bits per heavy atom. The highest BCUT2D eigenvalue weighted by atomic mass is 32.2. The molecule has 9 rings (SSSR count). The first-order chi connectivity index (χ1) is 30.3. The van der Waals surface area contributed by atoms with Gasteiger partial charge in [-0.2, -0.15) is 4.98 Å². The number of ether oxygens (including phenoxy) is 1. The number of nitrogens with one attached hydrogen (secondary N) is 3. The number of nitro groups is 1. The van der Waals surface area contributed by atoms with Crippen molar-refractivity contribution in [3.63, 3.8) is 0 Å². The van der Waals surface area contributed by atoms with Gasteiger partial charge >= 0.3 is 5.69 Å². The molecule has 0 radical (unpaired) electrons. The van der Waals surface area contributed by atoms with Crippen molar-refractivity contribution in [3.8, 4) is 11.6 Å². The van der Waals surface area contributed by atoms with Crippen LogP contribution in [-0.2, 0) is 10.0 Å². The number of sulfonamides is 1. The minimum Gasteiger partial charge on any atom is -0.436 e. The topological polar surface area (TPSA) is 189 Å². The third-order valence-electron chi connectivity index (χ3n) is 14.2. The lowest BCUT2D eigenvalue weighted by atomic mass is 9.60. The average Bonchev–Trinajstić information content (AvgIpc) is 3.95. The number of H-pyrrole nitrogens is 1. The van der Waals surface area contributed by atoms with E-state index in [1.54, 1.807) is 18.3 Å². The summed E-state index contributed by atoms with van der Waals surface area (Å²) in [4.78, 5) is 46.2. The van der Waals surface area contributed by atoms with Crippen molar-refractivity contribution in [2.45, 2.75) is 108 Å². The SMILES string of the molecule is CC(C)c1ccccc1[C@@H]1CCCN1C1CC2(CCN(c3ccc(C(=O)NS(=O)(=O)c4cnc(NC[C@H]5CC[C@@H](C)CC5)c([N+](=O)[O-])c4)c(Oc4cnc5[nH]ccc5c4)n3)CC2)C1. The summed E-state index contributed by atoms with van der Waals surface area (Å²) in [7, 11) is -4.62. The number of likely N-dealkylation sites (tertiary alicyclic amines) is 1. The zero-order chi connectivity index (χ0) is 43.9. The van der Waals surface area contributed by atoms with E-state index < -0.39 is 31.4 Å². The number of fused-ring (bicyclic) bond motifs is 1. The van der Waals surface area contributed by atoms with Gasteiger partial charge in [0.2, 0.25) is 11.7 Å². The Morgan fingerprint density at radius 3 is 2.54 bits per heavy atom. The fourth-order valence-corrected chi connectivity index (χ4v) is 11.4. The molecular formula is C47H57N9O6S. The summed E-state index contributed by atoms with van der Waals surface area (Å²) < 4.78 is 35.7. The summed E-state index contributed by atoms with van der Waals surface area (Å²) in [6.45, 7) is 10.00. The van der Waals surface area contributed by atoms with E-state index in [9.17, 15) is 23.3 Å². The molecule has 1 amide bonds. The van der Waals surface area contributed by atoms with Crippen molar-refractivity contribution in [1.29, 1.82) is 0 Å². The number of carbonyl (C=O) groups excluding carboxylic acids is 1. The Balaban J connectivity index is 0.899. The number of aromatic nitrogens is 4. The molecular weight excluding hydrogens is 819 g/mol. The number of aromatic amines is 1. The third-order valence-corrected chi connectivity index (χ3v) is 15.5. The minimum absolute atomic E-state index is 0.0170. The molecule has 332 valence electrons. The van der Waals surface area contributed by atoms with Crippen molar-refractivity contribution in [1.82, 2.24) is 29.6 Å². The van der Waals surface area contributed by atoms with Crippen LogP contribution in [0.3, 0.4) is 0 Å². The van der Waals surface area contributed by atoms with Crippen molar-refractivity contribution in [2.75, 3.05) is 36.4 Å². The van der Waals surface area contributed by atoms with Crippen molar-refractivity contribution < 1.29 is 22.9 Å². The quantitative estimate of drug-likeness (QED) is 0.0753. The van der Waals surface area contributed by atoms with E-state index in [0.717, 1.165) is 75.8 Å². The molecule has 6 heterocycles. The molecule has 3 N–H and O–H groups in total. The Hall–Kier alpha value is -5.61. The number of rotatable bonds is 13. The number of nitrogens with zero attached hydrogens (tertiary/aromatic N) is 6. The Labute approximate surface area is 368 Å². The number of carbonyl (C=O) groups is 1. The van der Waals surface area contributed by atoms with E-state index in [-0.39, 0.29) is 22.7 Å². The lowest BCUT2D eigenvalue weighted by molar-refractivity contribution is -0.384. The fraction of sp³-hybridized carbons (Fsp3) is 0.489. The molecule has 2 aliphatic carbocycles. The number of benzene rings is 1. The molecule has 1 aromatic carbocycles. The number of pyridine rings is 3. The Kier molecular flexibility index (Phi) is 11.9. The van der Waals surface area contributed by atoms with Crippen LogP contribution in [-0.4, -0.2) is 76.3 Å². The van der Waals surface area contributed by atoms with Gasteiger partial charge in [-0.25, -0.2) is 23.1 Å². The smallest absolute Gasteiger partial charge is 0.312 e. The highest BCUT2D eigenvalue weighted by Crippen LogP contribution is 2.54. The minimum atomic E-state index is -4.62. The highest BCUT2D eigenvalue weighted by molar-refractivity contribution is 7.90. The van der Waals surface area contributed by atoms with Crippen LogP contribution in [0.5, 0.6) is 11.6 Å². The highest BCUT2D eigenvalue weighted by Gasteiger charge is 2.50. The Morgan fingerprint density at radius 2 is 1.78 bits per heavy atom. The molecule has 2 saturated carbocycles. The van der Waals surface area contributed by atoms with Gasteiger partial charge in [0, 0.05) is 49.4 Å². The lowest BCUT2D eigenvalue weighted by Crippen LogP contribution is -2.55. The van der Waals surface area contributed by atoms with Gasteiger partial charge < -0.3 is 19.9 Å². The normalized spacial score (nSPS) is 21.7. The van der Waals surface area contributed by atoms with Crippen LogP contribution in [0.15, 0.2) is 78.1 Å². The standard InChI is InChI=1S/C47H57N9O6S/c1-30(2)37-7-4-5-8-38(37)40-9-6-20-55(40)34-25-47(26-34)17-21-54(22-18-47)42-15-14-39(46(52-42)62-35-23-33-16-19-48-43(33)50-28-35)45(57)53-63(60,61)36-24-41(56(58)59)44(51-29-36)49-27-32-12-10-31(3)11-13-32/h4-5,7-8,14-16,19,23-24,28-32,34,40H,6,9-13,17-18,20-22,25-27H2,1-3H3,(H,48,50)(H,49,51)(H,53,57)/t31-,32+,40-/m0/s1. The monoisotopic (exact) mass is 875 g/mol. The molecule has 2 aliphatic heterocycles.